The van der Waals surface area contributed by atoms with Crippen LogP contribution in [0.3, 0.4) is 0 Å². The molecule has 3 aromatic rings. The number of carboxylic acid groups (broad SMARTS) is 1. The van der Waals surface area contributed by atoms with Crippen molar-refractivity contribution in [3.8, 4) is 0 Å². The summed E-state index contributed by atoms with van der Waals surface area (Å²) >= 11 is 2.50. The van der Waals surface area contributed by atoms with E-state index >= 15 is 0 Å². The van der Waals surface area contributed by atoms with Gasteiger partial charge in [0, 0.05) is 10.3 Å². The number of benzene rings is 1. The topological polar surface area (TPSA) is 63.1 Å². The van der Waals surface area contributed by atoms with Crippen LogP contribution in [0.1, 0.15) is 15.2 Å². The summed E-state index contributed by atoms with van der Waals surface area (Å²) < 4.78 is 12.9. The Morgan fingerprint density at radius 1 is 1.29 bits per heavy atom. The van der Waals surface area contributed by atoms with Crippen molar-refractivity contribution in [3.05, 3.63) is 46.9 Å². The van der Waals surface area contributed by atoms with Gasteiger partial charge in [0.15, 0.2) is 0 Å². The van der Waals surface area contributed by atoms with Gasteiger partial charge in [-0.25, -0.2) is 19.2 Å². The van der Waals surface area contributed by atoms with Crippen LogP contribution in [0.5, 0.6) is 0 Å². The van der Waals surface area contributed by atoms with Crippen molar-refractivity contribution in [1.29, 1.82) is 0 Å². The minimum atomic E-state index is -0.965. The van der Waals surface area contributed by atoms with E-state index in [9.17, 15) is 14.3 Å². The van der Waals surface area contributed by atoms with Gasteiger partial charge in [-0.2, -0.15) is 0 Å². The maximum atomic E-state index is 12.9. The van der Waals surface area contributed by atoms with Crippen LogP contribution >= 0.6 is 23.1 Å². The SMILES string of the molecule is Cc1c(C(=O)O)sc2ncnc(Sc3ccc(F)cc3)c12. The third kappa shape index (κ3) is 2.62. The maximum absolute atomic E-state index is 12.9. The molecule has 0 aliphatic rings. The van der Waals surface area contributed by atoms with Crippen molar-refractivity contribution in [3.63, 3.8) is 0 Å². The van der Waals surface area contributed by atoms with E-state index in [1.165, 1.54) is 30.2 Å². The van der Waals surface area contributed by atoms with Crippen LogP contribution in [0.4, 0.5) is 4.39 Å². The Morgan fingerprint density at radius 2 is 2.00 bits per heavy atom. The average molecular weight is 320 g/mol. The van der Waals surface area contributed by atoms with Crippen LogP contribution in [0.25, 0.3) is 10.2 Å². The van der Waals surface area contributed by atoms with Crippen molar-refractivity contribution in [2.24, 2.45) is 0 Å². The number of aromatic carboxylic acids is 1. The van der Waals surface area contributed by atoms with Crippen LogP contribution in [-0.2, 0) is 0 Å². The summed E-state index contributed by atoms with van der Waals surface area (Å²) in [4.78, 5) is 21.3. The summed E-state index contributed by atoms with van der Waals surface area (Å²) in [6, 6.07) is 6.08. The zero-order valence-corrected chi connectivity index (χ0v) is 12.5. The number of aryl methyl sites for hydroxylation is 1. The zero-order valence-electron chi connectivity index (χ0n) is 10.8. The van der Waals surface area contributed by atoms with Gasteiger partial charge in [-0.15, -0.1) is 11.3 Å². The van der Waals surface area contributed by atoms with E-state index in [1.807, 2.05) is 0 Å². The fraction of sp³-hybridized carbons (Fsp3) is 0.0714. The smallest absolute Gasteiger partial charge is 0.346 e. The third-order valence-corrected chi connectivity index (χ3v) is 5.11. The van der Waals surface area contributed by atoms with Crippen LogP contribution in [0, 0.1) is 12.7 Å². The monoisotopic (exact) mass is 320 g/mol. The zero-order chi connectivity index (χ0) is 15.0. The average Bonchev–Trinajstić information content (AvgIpc) is 2.80. The normalized spacial score (nSPS) is 11.0. The second kappa shape index (κ2) is 5.42. The molecule has 0 fully saturated rings. The van der Waals surface area contributed by atoms with E-state index < -0.39 is 5.97 Å². The first-order valence-corrected chi connectivity index (χ1v) is 7.60. The molecule has 1 N–H and O–H groups in total. The maximum Gasteiger partial charge on any atom is 0.346 e. The molecule has 0 bridgehead atoms. The lowest BCUT2D eigenvalue weighted by Crippen LogP contribution is -1.94. The van der Waals surface area contributed by atoms with Gasteiger partial charge in [-0.05, 0) is 36.8 Å². The molecule has 0 aliphatic carbocycles. The summed E-state index contributed by atoms with van der Waals surface area (Å²) in [5.41, 5.74) is 0.660. The Hall–Kier alpha value is -1.99. The van der Waals surface area contributed by atoms with Gasteiger partial charge in [0.05, 0.1) is 0 Å². The lowest BCUT2D eigenvalue weighted by atomic mass is 10.2. The molecule has 106 valence electrons. The Balaban J connectivity index is 2.10. The fourth-order valence-electron chi connectivity index (χ4n) is 1.93. The largest absolute Gasteiger partial charge is 0.477 e. The number of carbonyl (C=O) groups is 1. The fourth-order valence-corrected chi connectivity index (χ4v) is 3.93. The molecular formula is C14H9FN2O2S2. The molecule has 3 rings (SSSR count). The standard InChI is InChI=1S/C14H9FN2O2S2/c1-7-10-12(20-9-4-2-8(15)3-5-9)16-6-17-13(10)21-11(7)14(18)19/h2-6H,1H3,(H,18,19). The van der Waals surface area contributed by atoms with Crippen molar-refractivity contribution in [2.45, 2.75) is 16.8 Å². The van der Waals surface area contributed by atoms with Crippen molar-refractivity contribution in [1.82, 2.24) is 9.97 Å². The lowest BCUT2D eigenvalue weighted by molar-refractivity contribution is 0.0701. The Bertz CT molecular complexity index is 831. The highest BCUT2D eigenvalue weighted by atomic mass is 32.2. The minimum Gasteiger partial charge on any atom is -0.477 e. The number of hydrogen-bond donors (Lipinski definition) is 1. The summed E-state index contributed by atoms with van der Waals surface area (Å²) in [7, 11) is 0. The Kier molecular flexibility index (Phi) is 3.60. The van der Waals surface area contributed by atoms with Crippen molar-refractivity contribution in [2.75, 3.05) is 0 Å². The van der Waals surface area contributed by atoms with E-state index in [1.54, 1.807) is 19.1 Å². The minimum absolute atomic E-state index is 0.270. The van der Waals surface area contributed by atoms with Crippen LogP contribution in [0.15, 0.2) is 40.5 Å². The van der Waals surface area contributed by atoms with Gasteiger partial charge < -0.3 is 5.11 Å². The molecule has 1 aromatic carbocycles. The first kappa shape index (κ1) is 14.0. The molecule has 0 spiro atoms. The summed E-state index contributed by atoms with van der Waals surface area (Å²) in [6.45, 7) is 1.75. The molecule has 0 saturated heterocycles. The van der Waals surface area contributed by atoms with E-state index in [-0.39, 0.29) is 10.7 Å². The predicted octanol–water partition coefficient (Wildman–Crippen LogP) is 3.99. The summed E-state index contributed by atoms with van der Waals surface area (Å²) in [6.07, 6.45) is 1.41. The molecule has 0 radical (unpaired) electrons. The van der Waals surface area contributed by atoms with Gasteiger partial charge in [0.2, 0.25) is 0 Å². The second-order valence-corrected chi connectivity index (χ2v) is 6.34. The van der Waals surface area contributed by atoms with Crippen molar-refractivity contribution < 1.29 is 14.3 Å². The molecule has 0 atom stereocenters. The second-order valence-electron chi connectivity index (χ2n) is 4.28. The first-order chi connectivity index (χ1) is 10.1. The van der Waals surface area contributed by atoms with Crippen LogP contribution in [-0.4, -0.2) is 21.0 Å². The lowest BCUT2D eigenvalue weighted by Gasteiger charge is -2.03. The highest BCUT2D eigenvalue weighted by Gasteiger charge is 2.18. The molecule has 0 saturated carbocycles. The molecule has 0 unspecified atom stereocenters. The predicted molar refractivity (Wildman–Crippen MR) is 79.6 cm³/mol. The van der Waals surface area contributed by atoms with Gasteiger partial charge in [-0.1, -0.05) is 11.8 Å². The van der Waals surface area contributed by atoms with Crippen LogP contribution in [0.2, 0.25) is 0 Å². The highest BCUT2D eigenvalue weighted by Crippen LogP contribution is 2.37. The number of aromatic nitrogens is 2. The van der Waals surface area contributed by atoms with Gasteiger partial charge >= 0.3 is 5.97 Å². The number of thiophene rings is 1. The molecular weight excluding hydrogens is 311 g/mol. The summed E-state index contributed by atoms with van der Waals surface area (Å²) in [5.74, 6) is -1.26. The van der Waals surface area contributed by atoms with Gasteiger partial charge in [0.25, 0.3) is 0 Å². The molecule has 2 heterocycles. The van der Waals surface area contributed by atoms with E-state index in [0.29, 0.717) is 15.4 Å². The molecule has 2 aromatic heterocycles. The number of rotatable bonds is 3. The number of halogens is 1. The summed E-state index contributed by atoms with van der Waals surface area (Å²) in [5, 5.41) is 10.6. The molecule has 0 aliphatic heterocycles. The molecule has 7 heteroatoms. The van der Waals surface area contributed by atoms with E-state index in [2.05, 4.69) is 9.97 Å². The van der Waals surface area contributed by atoms with E-state index in [0.717, 1.165) is 21.6 Å². The Labute approximate surface area is 127 Å². The third-order valence-electron chi connectivity index (χ3n) is 2.91. The van der Waals surface area contributed by atoms with E-state index in [4.69, 9.17) is 0 Å². The Morgan fingerprint density at radius 3 is 2.67 bits per heavy atom. The van der Waals surface area contributed by atoms with Crippen LogP contribution < -0.4 is 0 Å². The number of carboxylic acids is 1. The van der Waals surface area contributed by atoms with Crippen molar-refractivity contribution >= 4 is 39.3 Å². The highest BCUT2D eigenvalue weighted by molar-refractivity contribution is 7.99. The molecule has 4 nitrogen and oxygen atoms in total. The first-order valence-electron chi connectivity index (χ1n) is 5.97. The quantitative estimate of drug-likeness (QED) is 0.739. The number of fused-ring (bicyclic) bond motifs is 1. The molecule has 0 amide bonds. The molecule has 21 heavy (non-hydrogen) atoms. The van der Waals surface area contributed by atoms with Gasteiger partial charge in [-0.3, -0.25) is 0 Å². The van der Waals surface area contributed by atoms with Gasteiger partial charge in [0.1, 0.15) is 26.9 Å². The number of nitrogens with zero attached hydrogens (tertiary/aromatic N) is 2. The number of hydrogen-bond acceptors (Lipinski definition) is 5.